The van der Waals surface area contributed by atoms with E-state index in [1.54, 1.807) is 32.4 Å². The highest BCUT2D eigenvalue weighted by atomic mass is 19.1. The Morgan fingerprint density at radius 3 is 2.37 bits per heavy atom. The summed E-state index contributed by atoms with van der Waals surface area (Å²) in [6.07, 6.45) is 3.93. The second-order valence-corrected chi connectivity index (χ2v) is 6.28. The third-order valence-corrected chi connectivity index (χ3v) is 4.17. The van der Waals surface area contributed by atoms with Gasteiger partial charge in [0.1, 0.15) is 18.7 Å². The molecular weight excluding hydrogens is 347 g/mol. The number of ether oxygens (including phenoxy) is 3. The molecule has 5 heteroatoms. The molecule has 0 saturated carbocycles. The van der Waals surface area contributed by atoms with Crippen molar-refractivity contribution < 1.29 is 23.4 Å². The number of aldehydes is 1. The van der Waals surface area contributed by atoms with Crippen LogP contribution >= 0.6 is 0 Å². The van der Waals surface area contributed by atoms with Gasteiger partial charge in [0, 0.05) is 12.7 Å². The first-order valence-electron chi connectivity index (χ1n) is 8.77. The maximum Gasteiger partial charge on any atom is 0.169 e. The van der Waals surface area contributed by atoms with Crippen LogP contribution in [0.5, 0.6) is 11.5 Å². The highest BCUT2D eigenvalue weighted by Gasteiger charge is 2.21. The molecule has 2 aromatic carbocycles. The molecule has 0 amide bonds. The Morgan fingerprint density at radius 2 is 1.81 bits per heavy atom. The fraction of sp³-hybridized carbons (Fsp3) is 0.318. The third kappa shape index (κ3) is 4.95. The predicted molar refractivity (Wildman–Crippen MR) is 105 cm³/mol. The molecule has 4 nitrogen and oxygen atoms in total. The van der Waals surface area contributed by atoms with Crippen LogP contribution in [0.15, 0.2) is 36.4 Å². The Hall–Kier alpha value is -2.66. The molecular formula is C22H25FO4. The van der Waals surface area contributed by atoms with Gasteiger partial charge in [-0.1, -0.05) is 32.1 Å². The number of hydrogen-bond donors (Lipinski definition) is 0. The molecule has 0 N–H and O–H groups in total. The van der Waals surface area contributed by atoms with E-state index >= 15 is 0 Å². The molecule has 0 heterocycles. The summed E-state index contributed by atoms with van der Waals surface area (Å²) in [4.78, 5) is 11.0. The van der Waals surface area contributed by atoms with Gasteiger partial charge in [0.2, 0.25) is 0 Å². The minimum absolute atomic E-state index is 0.178. The highest BCUT2D eigenvalue weighted by molar-refractivity contribution is 5.87. The van der Waals surface area contributed by atoms with Gasteiger partial charge in [0.15, 0.2) is 11.5 Å². The van der Waals surface area contributed by atoms with Crippen molar-refractivity contribution in [2.45, 2.75) is 19.8 Å². The second kappa shape index (κ2) is 9.88. The van der Waals surface area contributed by atoms with Crippen LogP contribution in [-0.4, -0.2) is 33.7 Å². The predicted octanol–water partition coefficient (Wildman–Crippen LogP) is 4.86. The van der Waals surface area contributed by atoms with Gasteiger partial charge in [0.25, 0.3) is 0 Å². The maximum atomic E-state index is 13.5. The van der Waals surface area contributed by atoms with Crippen LogP contribution in [0.1, 0.15) is 30.9 Å². The molecule has 0 spiro atoms. The van der Waals surface area contributed by atoms with E-state index in [1.807, 2.05) is 6.07 Å². The molecule has 0 radical (unpaired) electrons. The topological polar surface area (TPSA) is 44.8 Å². The molecule has 0 aromatic heterocycles. The summed E-state index contributed by atoms with van der Waals surface area (Å²) in [7, 11) is 3.18. The van der Waals surface area contributed by atoms with Gasteiger partial charge in [-0.25, -0.2) is 4.39 Å². The number of benzene rings is 2. The molecule has 0 unspecified atom stereocenters. The number of hydrogen-bond acceptors (Lipinski definition) is 4. The lowest BCUT2D eigenvalue weighted by Crippen LogP contribution is -2.08. The first kappa shape index (κ1) is 20.6. The van der Waals surface area contributed by atoms with Gasteiger partial charge in [0.05, 0.1) is 13.7 Å². The zero-order chi connectivity index (χ0) is 19.8. The van der Waals surface area contributed by atoms with Crippen LogP contribution in [0, 0.1) is 5.82 Å². The molecule has 0 aliphatic heterocycles. The second-order valence-electron chi connectivity index (χ2n) is 6.28. The van der Waals surface area contributed by atoms with Crippen molar-refractivity contribution >= 4 is 12.4 Å². The van der Waals surface area contributed by atoms with Gasteiger partial charge in [-0.15, -0.1) is 0 Å². The number of methoxy groups -OCH3 is 2. The summed E-state index contributed by atoms with van der Waals surface area (Å²) in [5.74, 6) is 0.975. The van der Waals surface area contributed by atoms with Crippen molar-refractivity contribution in [1.29, 1.82) is 0 Å². The Labute approximate surface area is 159 Å². The van der Waals surface area contributed by atoms with E-state index in [0.29, 0.717) is 24.7 Å². The number of allylic oxidation sites excluding steroid dienone is 1. The van der Waals surface area contributed by atoms with E-state index < -0.39 is 0 Å². The Morgan fingerprint density at radius 1 is 1.11 bits per heavy atom. The van der Waals surface area contributed by atoms with E-state index in [1.165, 1.54) is 18.2 Å². The lowest BCUT2D eigenvalue weighted by molar-refractivity contribution is -0.104. The highest BCUT2D eigenvalue weighted by Crippen LogP contribution is 2.45. The van der Waals surface area contributed by atoms with Gasteiger partial charge in [-0.05, 0) is 46.9 Å². The van der Waals surface area contributed by atoms with Crippen LogP contribution in [0.4, 0.5) is 4.39 Å². The first-order valence-corrected chi connectivity index (χ1v) is 8.77. The molecule has 0 fully saturated rings. The summed E-state index contributed by atoms with van der Waals surface area (Å²) in [5, 5.41) is 0. The summed E-state index contributed by atoms with van der Waals surface area (Å²) in [5.41, 5.74) is 3.38. The Kier molecular flexibility index (Phi) is 7.55. The van der Waals surface area contributed by atoms with Crippen LogP contribution < -0.4 is 9.47 Å². The molecule has 144 valence electrons. The first-order chi connectivity index (χ1) is 13.0. The largest absolute Gasteiger partial charge is 0.493 e. The molecule has 27 heavy (non-hydrogen) atoms. The molecule has 0 bridgehead atoms. The summed E-state index contributed by atoms with van der Waals surface area (Å²) < 4.78 is 30.1. The SMILES string of the molecule is COCCOc1c(OC)cc(C(C)C)c(C=CC=O)c1-c1ccc(F)cc1. The monoisotopic (exact) mass is 372 g/mol. The van der Waals surface area contributed by atoms with Crippen LogP contribution in [0.2, 0.25) is 0 Å². The molecule has 0 aliphatic rings. The molecule has 0 saturated heterocycles. The quantitative estimate of drug-likeness (QED) is 0.358. The van der Waals surface area contributed by atoms with Gasteiger partial charge in [-0.2, -0.15) is 0 Å². The molecule has 2 rings (SSSR count). The lowest BCUT2D eigenvalue weighted by atomic mass is 9.88. The maximum absolute atomic E-state index is 13.5. The van der Waals surface area contributed by atoms with Crippen molar-refractivity contribution in [3.8, 4) is 22.6 Å². The minimum Gasteiger partial charge on any atom is -0.493 e. The Balaban J connectivity index is 2.80. The summed E-state index contributed by atoms with van der Waals surface area (Å²) in [6, 6.07) is 8.10. The number of halogens is 1. The van der Waals surface area contributed by atoms with E-state index in [4.69, 9.17) is 14.2 Å². The molecule has 0 aliphatic carbocycles. The van der Waals surface area contributed by atoms with Crippen molar-refractivity contribution in [2.75, 3.05) is 27.4 Å². The van der Waals surface area contributed by atoms with Crippen LogP contribution in [-0.2, 0) is 9.53 Å². The lowest BCUT2D eigenvalue weighted by Gasteiger charge is -2.22. The smallest absolute Gasteiger partial charge is 0.169 e. The van der Waals surface area contributed by atoms with Crippen molar-refractivity contribution in [3.05, 3.63) is 53.4 Å². The zero-order valence-corrected chi connectivity index (χ0v) is 16.1. The number of rotatable bonds is 9. The summed E-state index contributed by atoms with van der Waals surface area (Å²) >= 11 is 0. The van der Waals surface area contributed by atoms with Crippen molar-refractivity contribution in [1.82, 2.24) is 0 Å². The standard InChI is InChI=1S/C22H25FO4/c1-15(2)19-14-20(26-4)22(27-13-12-25-3)21(18(19)6-5-11-24)16-7-9-17(23)10-8-16/h5-11,14-15H,12-13H2,1-4H3. The average Bonchev–Trinajstić information content (AvgIpc) is 2.66. The van der Waals surface area contributed by atoms with Gasteiger partial charge in [-0.3, -0.25) is 4.79 Å². The van der Waals surface area contributed by atoms with Crippen molar-refractivity contribution in [3.63, 3.8) is 0 Å². The van der Waals surface area contributed by atoms with Crippen LogP contribution in [0.25, 0.3) is 17.2 Å². The zero-order valence-electron chi connectivity index (χ0n) is 16.1. The third-order valence-electron chi connectivity index (χ3n) is 4.17. The minimum atomic E-state index is -0.322. The number of carbonyl (C=O) groups excluding carboxylic acids is 1. The van der Waals surface area contributed by atoms with E-state index in [9.17, 15) is 9.18 Å². The Bertz CT molecular complexity index is 795. The van der Waals surface area contributed by atoms with Crippen LogP contribution in [0.3, 0.4) is 0 Å². The number of carbonyl (C=O) groups is 1. The van der Waals surface area contributed by atoms with E-state index in [2.05, 4.69) is 13.8 Å². The van der Waals surface area contributed by atoms with Gasteiger partial charge >= 0.3 is 0 Å². The van der Waals surface area contributed by atoms with E-state index in [-0.39, 0.29) is 11.7 Å². The van der Waals surface area contributed by atoms with E-state index in [0.717, 1.165) is 28.5 Å². The normalized spacial score (nSPS) is 11.2. The fourth-order valence-electron chi connectivity index (χ4n) is 2.89. The molecule has 2 aromatic rings. The average molecular weight is 372 g/mol. The van der Waals surface area contributed by atoms with Gasteiger partial charge < -0.3 is 14.2 Å². The molecule has 0 atom stereocenters. The van der Waals surface area contributed by atoms with Crippen molar-refractivity contribution in [2.24, 2.45) is 0 Å². The fourth-order valence-corrected chi connectivity index (χ4v) is 2.89. The summed E-state index contributed by atoms with van der Waals surface area (Å²) in [6.45, 7) is 4.87.